The normalized spacial score (nSPS) is 15.0. The summed E-state index contributed by atoms with van der Waals surface area (Å²) in [5, 5.41) is 13.0. The van der Waals surface area contributed by atoms with Gasteiger partial charge >= 0.3 is 0 Å². The molecule has 5 heteroatoms. The average Bonchev–Trinajstić information content (AvgIpc) is 3.14. The number of benzene rings is 3. The number of fused-ring (bicyclic) bond motifs is 1. The van der Waals surface area contributed by atoms with E-state index in [4.69, 9.17) is 9.47 Å². The summed E-state index contributed by atoms with van der Waals surface area (Å²) in [6, 6.07) is 21.4. The fourth-order valence-electron chi connectivity index (χ4n) is 3.63. The number of nitrogens with one attached hydrogen (secondary N) is 1. The van der Waals surface area contributed by atoms with Crippen LogP contribution in [0.5, 0.6) is 5.75 Å². The van der Waals surface area contributed by atoms with E-state index in [1.165, 1.54) is 0 Å². The quantitative estimate of drug-likeness (QED) is 0.653. The van der Waals surface area contributed by atoms with Crippen molar-refractivity contribution in [3.63, 3.8) is 0 Å². The van der Waals surface area contributed by atoms with E-state index in [2.05, 4.69) is 5.32 Å². The van der Waals surface area contributed by atoms with E-state index in [9.17, 15) is 9.90 Å². The number of hydrogen-bond donors (Lipinski definition) is 2. The van der Waals surface area contributed by atoms with Crippen molar-refractivity contribution in [2.24, 2.45) is 0 Å². The molecule has 2 N–H and O–H groups in total. The fraction of sp³-hybridized carbons (Fsp3) is 0.208. The average molecular weight is 389 g/mol. The van der Waals surface area contributed by atoms with Gasteiger partial charge in [0, 0.05) is 17.7 Å². The molecule has 1 atom stereocenters. The molecule has 0 aromatic heterocycles. The molecule has 148 valence electrons. The summed E-state index contributed by atoms with van der Waals surface area (Å²) >= 11 is 0. The lowest BCUT2D eigenvalue weighted by Crippen LogP contribution is -2.13. The zero-order valence-corrected chi connectivity index (χ0v) is 16.2. The third kappa shape index (κ3) is 4.31. The smallest absolute Gasteiger partial charge is 0.224 e. The fourth-order valence-corrected chi connectivity index (χ4v) is 3.63. The highest BCUT2D eigenvalue weighted by atomic mass is 16.6. The second-order valence-corrected chi connectivity index (χ2v) is 7.01. The van der Waals surface area contributed by atoms with E-state index < -0.39 is 6.29 Å². The van der Waals surface area contributed by atoms with E-state index in [0.29, 0.717) is 19.4 Å². The van der Waals surface area contributed by atoms with Crippen LogP contribution in [0.3, 0.4) is 0 Å². The minimum atomic E-state index is -0.899. The van der Waals surface area contributed by atoms with Gasteiger partial charge in [0.25, 0.3) is 0 Å². The lowest BCUT2D eigenvalue weighted by Gasteiger charge is -2.11. The summed E-state index contributed by atoms with van der Waals surface area (Å²) in [6.07, 6.45) is -0.0267. The second-order valence-electron chi connectivity index (χ2n) is 7.01. The number of aliphatic hydroxyl groups excluding tert-OH is 1. The topological polar surface area (TPSA) is 67.8 Å². The first kappa shape index (κ1) is 19.2. The van der Waals surface area contributed by atoms with Crippen molar-refractivity contribution in [2.45, 2.75) is 25.7 Å². The highest BCUT2D eigenvalue weighted by Gasteiger charge is 2.23. The van der Waals surface area contributed by atoms with E-state index in [-0.39, 0.29) is 5.91 Å². The van der Waals surface area contributed by atoms with Gasteiger partial charge in [0.05, 0.1) is 13.7 Å². The maximum Gasteiger partial charge on any atom is 0.224 e. The van der Waals surface area contributed by atoms with Gasteiger partial charge in [-0.1, -0.05) is 42.5 Å². The van der Waals surface area contributed by atoms with Crippen molar-refractivity contribution in [1.82, 2.24) is 0 Å². The van der Waals surface area contributed by atoms with Crippen molar-refractivity contribution in [2.75, 3.05) is 12.4 Å². The van der Waals surface area contributed by atoms with Gasteiger partial charge < -0.3 is 19.9 Å². The molecule has 0 fully saturated rings. The van der Waals surface area contributed by atoms with Gasteiger partial charge in [-0.15, -0.1) is 0 Å². The Labute approximate surface area is 169 Å². The number of anilines is 1. The Morgan fingerprint density at radius 3 is 2.69 bits per heavy atom. The number of amides is 1. The molecular weight excluding hydrogens is 366 g/mol. The molecule has 1 heterocycles. The number of rotatable bonds is 6. The van der Waals surface area contributed by atoms with Gasteiger partial charge in [0.2, 0.25) is 5.91 Å². The van der Waals surface area contributed by atoms with Crippen LogP contribution in [-0.4, -0.2) is 18.1 Å². The molecule has 0 bridgehead atoms. The van der Waals surface area contributed by atoms with Gasteiger partial charge in [-0.05, 0) is 52.9 Å². The highest BCUT2D eigenvalue weighted by molar-refractivity contribution is 5.91. The standard InChI is InChI=1S/C24H23NO4/c1-28-21-10-4-7-18(14-21)17-6-3-9-20(13-17)25-22(26)12-11-16-5-2-8-19-15-29-24(27)23(16)19/h2-10,13-14,24,27H,11-12,15H2,1H3,(H,25,26). The molecule has 0 saturated carbocycles. The summed E-state index contributed by atoms with van der Waals surface area (Å²) in [7, 11) is 1.64. The molecule has 1 aliphatic heterocycles. The number of methoxy groups -OCH3 is 1. The molecule has 1 amide bonds. The monoisotopic (exact) mass is 389 g/mol. The summed E-state index contributed by atoms with van der Waals surface area (Å²) in [5.74, 6) is 0.720. The predicted molar refractivity (Wildman–Crippen MR) is 112 cm³/mol. The van der Waals surface area contributed by atoms with Crippen molar-refractivity contribution < 1.29 is 19.4 Å². The Morgan fingerprint density at radius 2 is 1.86 bits per heavy atom. The lowest BCUT2D eigenvalue weighted by molar-refractivity contribution is -0.116. The van der Waals surface area contributed by atoms with Gasteiger partial charge in [0.15, 0.2) is 6.29 Å². The molecule has 4 rings (SSSR count). The molecular formula is C24H23NO4. The molecule has 1 aliphatic rings. The van der Waals surface area contributed by atoms with Gasteiger partial charge in [-0.3, -0.25) is 4.79 Å². The Morgan fingerprint density at radius 1 is 1.10 bits per heavy atom. The van der Waals surface area contributed by atoms with Crippen LogP contribution in [0.15, 0.2) is 66.7 Å². The van der Waals surface area contributed by atoms with Crippen LogP contribution >= 0.6 is 0 Å². The zero-order chi connectivity index (χ0) is 20.2. The molecule has 3 aromatic carbocycles. The van der Waals surface area contributed by atoms with Crippen LogP contribution in [-0.2, 0) is 22.6 Å². The molecule has 29 heavy (non-hydrogen) atoms. The number of hydrogen-bond acceptors (Lipinski definition) is 4. The van der Waals surface area contributed by atoms with E-state index in [1.54, 1.807) is 7.11 Å². The SMILES string of the molecule is COc1cccc(-c2cccc(NC(=O)CCc3cccc4c3C(O)OC4)c2)c1. The highest BCUT2D eigenvalue weighted by Crippen LogP contribution is 2.32. The Hall–Kier alpha value is -3.15. The molecule has 0 aliphatic carbocycles. The zero-order valence-electron chi connectivity index (χ0n) is 16.2. The van der Waals surface area contributed by atoms with Crippen LogP contribution in [0.4, 0.5) is 5.69 Å². The number of aryl methyl sites for hydroxylation is 1. The molecule has 3 aromatic rings. The van der Waals surface area contributed by atoms with Gasteiger partial charge in [-0.25, -0.2) is 0 Å². The number of aliphatic hydroxyl groups is 1. The van der Waals surface area contributed by atoms with E-state index in [1.807, 2.05) is 66.7 Å². The van der Waals surface area contributed by atoms with Crippen molar-refractivity contribution in [1.29, 1.82) is 0 Å². The van der Waals surface area contributed by atoms with Crippen LogP contribution < -0.4 is 10.1 Å². The van der Waals surface area contributed by atoms with E-state index >= 15 is 0 Å². The van der Waals surface area contributed by atoms with Crippen LogP contribution in [0.25, 0.3) is 11.1 Å². The van der Waals surface area contributed by atoms with Crippen molar-refractivity contribution in [3.8, 4) is 16.9 Å². The first-order valence-electron chi connectivity index (χ1n) is 9.59. The van der Waals surface area contributed by atoms with Gasteiger partial charge in [-0.2, -0.15) is 0 Å². The van der Waals surface area contributed by atoms with Crippen molar-refractivity contribution >= 4 is 11.6 Å². The molecule has 0 radical (unpaired) electrons. The summed E-state index contributed by atoms with van der Waals surface area (Å²) in [6.45, 7) is 0.410. The largest absolute Gasteiger partial charge is 0.497 e. The van der Waals surface area contributed by atoms with E-state index in [0.717, 1.165) is 39.3 Å². The minimum Gasteiger partial charge on any atom is -0.497 e. The molecule has 1 unspecified atom stereocenters. The first-order chi connectivity index (χ1) is 14.1. The van der Waals surface area contributed by atoms with Crippen LogP contribution in [0, 0.1) is 0 Å². The molecule has 0 spiro atoms. The maximum atomic E-state index is 12.5. The summed E-state index contributed by atoms with van der Waals surface area (Å²) in [4.78, 5) is 12.5. The first-order valence-corrected chi connectivity index (χ1v) is 9.59. The summed E-state index contributed by atoms with van der Waals surface area (Å²) in [5.41, 5.74) is 5.52. The number of ether oxygens (including phenoxy) is 2. The Balaban J connectivity index is 1.43. The second kappa shape index (κ2) is 8.47. The number of carbonyl (C=O) groups excluding carboxylic acids is 1. The Bertz CT molecular complexity index is 1030. The van der Waals surface area contributed by atoms with Crippen molar-refractivity contribution in [3.05, 3.63) is 83.4 Å². The summed E-state index contributed by atoms with van der Waals surface area (Å²) < 4.78 is 10.6. The van der Waals surface area contributed by atoms with Crippen LogP contribution in [0.1, 0.15) is 29.4 Å². The van der Waals surface area contributed by atoms with Gasteiger partial charge in [0.1, 0.15) is 5.75 Å². The Kier molecular flexibility index (Phi) is 5.60. The third-order valence-electron chi connectivity index (χ3n) is 5.10. The number of carbonyl (C=O) groups is 1. The minimum absolute atomic E-state index is 0.0706. The predicted octanol–water partition coefficient (Wildman–Crippen LogP) is 4.45. The molecule has 5 nitrogen and oxygen atoms in total. The maximum absolute atomic E-state index is 12.5. The molecule has 0 saturated heterocycles. The lowest BCUT2D eigenvalue weighted by atomic mass is 9.98. The third-order valence-corrected chi connectivity index (χ3v) is 5.10. The van der Waals surface area contributed by atoms with Crippen LogP contribution in [0.2, 0.25) is 0 Å².